The van der Waals surface area contributed by atoms with Crippen LogP contribution in [0.5, 0.6) is 0 Å². The Morgan fingerprint density at radius 3 is 1.49 bits per heavy atom. The van der Waals surface area contributed by atoms with Gasteiger partial charge in [-0.05, 0) is 30.0 Å². The van der Waals surface area contributed by atoms with Gasteiger partial charge in [-0.3, -0.25) is 29.0 Å². The van der Waals surface area contributed by atoms with Gasteiger partial charge in [0.25, 0.3) is 23.6 Å². The molecule has 9 heteroatoms. The number of imide groups is 2. The Labute approximate surface area is 238 Å². The van der Waals surface area contributed by atoms with Crippen LogP contribution in [-0.2, 0) is 12.8 Å². The molecule has 0 unspecified atom stereocenters. The van der Waals surface area contributed by atoms with Gasteiger partial charge < -0.3 is 0 Å². The Morgan fingerprint density at radius 1 is 0.538 bits per heavy atom. The van der Waals surface area contributed by atoms with Crippen LogP contribution in [0.4, 0.5) is 0 Å². The standard InChI is InChI=1S/C30H19Cl3N2O4/c31-19-15-18-20-22-21(19)28(37)35(14-12-17-9-5-2-6-10-17)30(39)24(22)26(33)25(32)23(20)29(38)34(27(18)36)13-11-16-7-3-1-4-8-16/h1-10,15H,11-14H2. The minimum Gasteiger partial charge on any atom is -0.274 e. The fourth-order valence-corrected chi connectivity index (χ4v) is 6.11. The van der Waals surface area contributed by atoms with Gasteiger partial charge in [0.2, 0.25) is 0 Å². The van der Waals surface area contributed by atoms with Crippen molar-refractivity contribution in [2.45, 2.75) is 12.8 Å². The number of carbonyl (C=O) groups is 4. The van der Waals surface area contributed by atoms with Crippen molar-refractivity contribution in [2.24, 2.45) is 0 Å². The molecule has 6 rings (SSSR count). The molecule has 0 radical (unpaired) electrons. The molecule has 0 N–H and O–H groups in total. The summed E-state index contributed by atoms with van der Waals surface area (Å²) in [6.07, 6.45) is 0.850. The van der Waals surface area contributed by atoms with Gasteiger partial charge >= 0.3 is 0 Å². The highest BCUT2D eigenvalue weighted by Gasteiger charge is 2.43. The smallest absolute Gasteiger partial charge is 0.262 e. The van der Waals surface area contributed by atoms with Gasteiger partial charge in [0.15, 0.2) is 0 Å². The second-order valence-corrected chi connectivity index (χ2v) is 10.6. The third-order valence-corrected chi connectivity index (χ3v) is 8.35. The second-order valence-electron chi connectivity index (χ2n) is 9.40. The Hall–Kier alpha value is -3.71. The van der Waals surface area contributed by atoms with Crippen LogP contribution >= 0.6 is 34.8 Å². The lowest BCUT2D eigenvalue weighted by Gasteiger charge is -2.33. The van der Waals surface area contributed by atoms with Gasteiger partial charge in [0.1, 0.15) is 0 Å². The maximum Gasteiger partial charge on any atom is 0.262 e. The van der Waals surface area contributed by atoms with E-state index in [-0.39, 0.29) is 61.2 Å². The van der Waals surface area contributed by atoms with Gasteiger partial charge in [0, 0.05) is 23.9 Å². The van der Waals surface area contributed by atoms with E-state index in [0.29, 0.717) is 12.8 Å². The first-order valence-corrected chi connectivity index (χ1v) is 13.4. The summed E-state index contributed by atoms with van der Waals surface area (Å²) in [6.45, 7) is 0.185. The largest absolute Gasteiger partial charge is 0.274 e. The molecule has 0 saturated carbocycles. The van der Waals surface area contributed by atoms with E-state index >= 15 is 0 Å². The van der Waals surface area contributed by atoms with Gasteiger partial charge in [-0.15, -0.1) is 0 Å². The molecular formula is C30H19Cl3N2O4. The Morgan fingerprint density at radius 2 is 0.974 bits per heavy atom. The Bertz CT molecular complexity index is 1720. The summed E-state index contributed by atoms with van der Waals surface area (Å²) in [5.74, 6) is -2.48. The molecule has 4 aromatic carbocycles. The van der Waals surface area contributed by atoms with Crippen molar-refractivity contribution < 1.29 is 19.2 Å². The first-order valence-electron chi connectivity index (χ1n) is 12.3. The van der Waals surface area contributed by atoms with E-state index in [2.05, 4.69) is 0 Å². The third-order valence-electron chi connectivity index (χ3n) is 7.20. The van der Waals surface area contributed by atoms with Crippen molar-refractivity contribution in [3.05, 3.63) is 115 Å². The summed E-state index contributed by atoms with van der Waals surface area (Å²) in [5, 5.41) is -0.0642. The molecule has 0 spiro atoms. The van der Waals surface area contributed by atoms with Crippen LogP contribution in [0.15, 0.2) is 66.7 Å². The molecule has 2 aliphatic rings. The van der Waals surface area contributed by atoms with Crippen LogP contribution in [0.25, 0.3) is 10.8 Å². The lowest BCUT2D eigenvalue weighted by Crippen LogP contribution is -2.44. The first kappa shape index (κ1) is 25.6. The quantitative estimate of drug-likeness (QED) is 0.246. The molecule has 39 heavy (non-hydrogen) atoms. The van der Waals surface area contributed by atoms with Crippen LogP contribution in [0.3, 0.4) is 0 Å². The monoisotopic (exact) mass is 576 g/mol. The van der Waals surface area contributed by atoms with Crippen molar-refractivity contribution in [3.63, 3.8) is 0 Å². The predicted molar refractivity (Wildman–Crippen MR) is 150 cm³/mol. The van der Waals surface area contributed by atoms with Crippen LogP contribution in [0, 0.1) is 0 Å². The number of amides is 4. The number of nitrogens with zero attached hydrogens (tertiary/aromatic N) is 2. The van der Waals surface area contributed by atoms with E-state index < -0.39 is 23.6 Å². The van der Waals surface area contributed by atoms with Crippen LogP contribution in [0.1, 0.15) is 52.6 Å². The molecule has 2 aliphatic heterocycles. The summed E-state index contributed by atoms with van der Waals surface area (Å²) in [6, 6.07) is 20.2. The molecule has 6 nitrogen and oxygen atoms in total. The van der Waals surface area contributed by atoms with Gasteiger partial charge in [-0.2, -0.15) is 0 Å². The second kappa shape index (κ2) is 9.79. The summed E-state index contributed by atoms with van der Waals surface area (Å²) in [4.78, 5) is 56.7. The lowest BCUT2D eigenvalue weighted by atomic mass is 9.85. The first-order chi connectivity index (χ1) is 18.8. The number of rotatable bonds is 6. The van der Waals surface area contributed by atoms with E-state index in [1.165, 1.54) is 6.07 Å². The number of halogens is 3. The number of benzene rings is 4. The highest BCUT2D eigenvalue weighted by atomic mass is 35.5. The average Bonchev–Trinajstić information content (AvgIpc) is 2.93. The van der Waals surface area contributed by atoms with E-state index in [4.69, 9.17) is 34.8 Å². The molecule has 0 saturated heterocycles. The highest BCUT2D eigenvalue weighted by molar-refractivity contribution is 6.51. The average molecular weight is 578 g/mol. The van der Waals surface area contributed by atoms with Gasteiger partial charge in [-0.25, -0.2) is 0 Å². The van der Waals surface area contributed by atoms with Crippen LogP contribution in [0.2, 0.25) is 15.1 Å². The van der Waals surface area contributed by atoms with Crippen LogP contribution < -0.4 is 0 Å². The van der Waals surface area contributed by atoms with Crippen molar-refractivity contribution in [2.75, 3.05) is 13.1 Å². The van der Waals surface area contributed by atoms with Gasteiger partial charge in [0.05, 0.1) is 37.3 Å². The number of hydrogen-bond acceptors (Lipinski definition) is 4. The van der Waals surface area contributed by atoms with E-state index in [9.17, 15) is 19.2 Å². The normalized spacial score (nSPS) is 14.5. The fourth-order valence-electron chi connectivity index (χ4n) is 5.29. The summed E-state index contributed by atoms with van der Waals surface area (Å²) in [5.41, 5.74) is 1.96. The van der Waals surface area contributed by atoms with Gasteiger partial charge in [-0.1, -0.05) is 95.5 Å². The Balaban J connectivity index is 1.46. The Kier molecular flexibility index (Phi) is 6.42. The van der Waals surface area contributed by atoms with E-state index in [1.54, 1.807) is 0 Å². The van der Waals surface area contributed by atoms with Crippen molar-refractivity contribution in [1.82, 2.24) is 9.80 Å². The van der Waals surface area contributed by atoms with E-state index in [1.807, 2.05) is 60.7 Å². The zero-order valence-corrected chi connectivity index (χ0v) is 22.6. The lowest BCUT2D eigenvalue weighted by molar-refractivity contribution is 0.0591. The number of hydrogen-bond donors (Lipinski definition) is 0. The van der Waals surface area contributed by atoms with Crippen LogP contribution in [-0.4, -0.2) is 46.5 Å². The topological polar surface area (TPSA) is 74.8 Å². The summed E-state index contributed by atoms with van der Waals surface area (Å²) >= 11 is 19.9. The molecule has 0 aliphatic carbocycles. The molecule has 0 atom stereocenters. The maximum atomic E-state index is 13.7. The molecule has 4 amide bonds. The van der Waals surface area contributed by atoms with Crippen molar-refractivity contribution >= 4 is 69.2 Å². The predicted octanol–water partition coefficient (Wildman–Crippen LogP) is 6.48. The molecular weight excluding hydrogens is 559 g/mol. The van der Waals surface area contributed by atoms with Crippen molar-refractivity contribution in [3.8, 4) is 0 Å². The fraction of sp³-hybridized carbons (Fsp3) is 0.133. The molecule has 0 bridgehead atoms. The number of carbonyl (C=O) groups excluding carboxylic acids is 4. The third kappa shape index (κ3) is 4.02. The molecule has 2 heterocycles. The summed E-state index contributed by atoms with van der Waals surface area (Å²) in [7, 11) is 0. The zero-order chi connectivity index (χ0) is 27.4. The SMILES string of the molecule is O=C1c2cc(Cl)c3c4c(c(Cl)c(Cl)c(c24)C(=O)N1CCc1ccccc1)C(=O)N(CCc1ccccc1)C3=O. The molecule has 194 valence electrons. The minimum absolute atomic E-state index is 0.00370. The van der Waals surface area contributed by atoms with E-state index in [0.717, 1.165) is 20.9 Å². The molecule has 4 aromatic rings. The molecule has 0 fully saturated rings. The zero-order valence-electron chi connectivity index (χ0n) is 20.3. The highest BCUT2D eigenvalue weighted by Crippen LogP contribution is 2.47. The van der Waals surface area contributed by atoms with Crippen molar-refractivity contribution in [1.29, 1.82) is 0 Å². The summed E-state index contributed by atoms with van der Waals surface area (Å²) < 4.78 is 0. The minimum atomic E-state index is -0.651. The molecule has 0 aromatic heterocycles. The maximum absolute atomic E-state index is 13.7.